The van der Waals surface area contributed by atoms with E-state index >= 15 is 0 Å². The van der Waals surface area contributed by atoms with E-state index in [2.05, 4.69) is 25.9 Å². The molecule has 2 aromatic carbocycles. The highest BCUT2D eigenvalue weighted by Gasteiger charge is 2.15. The number of H-pyrrole nitrogens is 1. The van der Waals surface area contributed by atoms with Gasteiger partial charge in [0, 0.05) is 11.3 Å². The number of nitrogen functional groups attached to an aromatic ring is 1. The van der Waals surface area contributed by atoms with Gasteiger partial charge in [0.15, 0.2) is 11.5 Å². The minimum absolute atomic E-state index is 0.0463. The first-order valence-electron chi connectivity index (χ1n) is 5.91. The van der Waals surface area contributed by atoms with Gasteiger partial charge < -0.3 is 20.6 Å². The van der Waals surface area contributed by atoms with Gasteiger partial charge in [-0.1, -0.05) is 0 Å². The summed E-state index contributed by atoms with van der Waals surface area (Å²) < 4.78 is 5.60. The Kier molecular flexibility index (Phi) is 3.02. The molecule has 0 amide bonds. The van der Waals surface area contributed by atoms with E-state index in [0.717, 1.165) is 16.6 Å². The fourth-order valence-electron chi connectivity index (χ4n) is 2.05. The smallest absolute Gasteiger partial charge is 0.172 e. The molecule has 0 spiro atoms. The number of ether oxygens (including phenoxy) is 1. The van der Waals surface area contributed by atoms with Crippen LogP contribution in [0.3, 0.4) is 0 Å². The molecule has 0 aliphatic rings. The molecule has 6 heteroatoms. The van der Waals surface area contributed by atoms with E-state index in [1.54, 1.807) is 12.1 Å². The number of methoxy groups -OCH3 is 1. The third-order valence-electron chi connectivity index (χ3n) is 3.06. The van der Waals surface area contributed by atoms with Gasteiger partial charge in [0.1, 0.15) is 5.82 Å². The summed E-state index contributed by atoms with van der Waals surface area (Å²) in [5, 5.41) is 10.0. The Morgan fingerprint density at radius 2 is 2.10 bits per heavy atom. The number of aromatic hydroxyl groups is 1. The summed E-state index contributed by atoms with van der Waals surface area (Å²) in [4.78, 5) is 7.67. The van der Waals surface area contributed by atoms with Crippen LogP contribution in [0.4, 0.5) is 5.69 Å². The van der Waals surface area contributed by atoms with Crippen molar-refractivity contribution in [2.24, 2.45) is 0 Å². The van der Waals surface area contributed by atoms with Crippen LogP contribution in [0.25, 0.3) is 22.4 Å². The molecule has 1 heterocycles. The SMILES string of the molecule is COc1ccc(-c2nc3ccc(N)cc3[nH]2)c(Br)c1O. The zero-order valence-corrected chi connectivity index (χ0v) is 12.2. The lowest BCUT2D eigenvalue weighted by Gasteiger charge is -2.08. The number of halogens is 1. The third kappa shape index (κ3) is 1.98. The monoisotopic (exact) mass is 333 g/mol. The highest BCUT2D eigenvalue weighted by Crippen LogP contribution is 2.40. The van der Waals surface area contributed by atoms with Gasteiger partial charge in [-0.2, -0.15) is 0 Å². The molecule has 3 rings (SSSR count). The summed E-state index contributed by atoms with van der Waals surface area (Å²) in [5.74, 6) is 1.10. The molecule has 4 N–H and O–H groups in total. The molecule has 1 aromatic heterocycles. The Balaban J connectivity index is 2.18. The summed E-state index contributed by atoms with van der Waals surface area (Å²) in [6.45, 7) is 0. The number of hydrogen-bond acceptors (Lipinski definition) is 4. The average Bonchev–Trinajstić information content (AvgIpc) is 2.84. The molecule has 3 aromatic rings. The quantitative estimate of drug-likeness (QED) is 0.628. The maximum Gasteiger partial charge on any atom is 0.172 e. The van der Waals surface area contributed by atoms with Crippen molar-refractivity contribution < 1.29 is 9.84 Å². The minimum atomic E-state index is 0.0463. The Morgan fingerprint density at radius 3 is 2.85 bits per heavy atom. The molecular formula is C14H12BrN3O2. The number of hydrogen-bond donors (Lipinski definition) is 3. The zero-order chi connectivity index (χ0) is 14.3. The van der Waals surface area contributed by atoms with Crippen LogP contribution in [0.15, 0.2) is 34.8 Å². The molecule has 0 bridgehead atoms. The fraction of sp³-hybridized carbons (Fsp3) is 0.0714. The number of nitrogens with one attached hydrogen (secondary N) is 1. The maximum absolute atomic E-state index is 10.0. The van der Waals surface area contributed by atoms with Crippen molar-refractivity contribution in [3.05, 3.63) is 34.8 Å². The lowest BCUT2D eigenvalue weighted by atomic mass is 10.2. The average molecular weight is 334 g/mol. The first-order chi connectivity index (χ1) is 9.60. The summed E-state index contributed by atoms with van der Waals surface area (Å²) in [6.07, 6.45) is 0. The fourth-order valence-corrected chi connectivity index (χ4v) is 2.56. The second-order valence-electron chi connectivity index (χ2n) is 4.34. The van der Waals surface area contributed by atoms with Crippen molar-refractivity contribution in [1.29, 1.82) is 0 Å². The molecule has 0 unspecified atom stereocenters. The largest absolute Gasteiger partial charge is 0.503 e. The number of phenols is 1. The van der Waals surface area contributed by atoms with Crippen molar-refractivity contribution in [2.45, 2.75) is 0 Å². The normalized spacial score (nSPS) is 10.9. The number of phenolic OH excluding ortho intramolecular Hbond substituents is 1. The van der Waals surface area contributed by atoms with Gasteiger partial charge in [0.2, 0.25) is 0 Å². The summed E-state index contributed by atoms with van der Waals surface area (Å²) in [7, 11) is 1.51. The van der Waals surface area contributed by atoms with Gasteiger partial charge in [0.05, 0.1) is 22.6 Å². The van der Waals surface area contributed by atoms with Gasteiger partial charge in [-0.15, -0.1) is 0 Å². The van der Waals surface area contributed by atoms with Crippen molar-refractivity contribution >= 4 is 32.7 Å². The van der Waals surface area contributed by atoms with Crippen molar-refractivity contribution in [3.8, 4) is 22.9 Å². The topological polar surface area (TPSA) is 84.2 Å². The molecule has 5 nitrogen and oxygen atoms in total. The van der Waals surface area contributed by atoms with Gasteiger partial charge in [-0.3, -0.25) is 0 Å². The van der Waals surface area contributed by atoms with E-state index in [9.17, 15) is 5.11 Å². The Labute approximate surface area is 123 Å². The number of fused-ring (bicyclic) bond motifs is 1. The van der Waals surface area contributed by atoms with Crippen LogP contribution in [0.5, 0.6) is 11.5 Å². The Hall–Kier alpha value is -2.21. The van der Waals surface area contributed by atoms with Crippen molar-refractivity contribution in [3.63, 3.8) is 0 Å². The van der Waals surface area contributed by atoms with Crippen LogP contribution >= 0.6 is 15.9 Å². The van der Waals surface area contributed by atoms with Crippen LogP contribution < -0.4 is 10.5 Å². The molecule has 0 atom stereocenters. The van der Waals surface area contributed by atoms with Crippen LogP contribution in [-0.2, 0) is 0 Å². The predicted molar refractivity (Wildman–Crippen MR) is 81.9 cm³/mol. The van der Waals surface area contributed by atoms with E-state index in [-0.39, 0.29) is 5.75 Å². The first kappa shape index (κ1) is 12.8. The summed E-state index contributed by atoms with van der Waals surface area (Å²) in [5.41, 5.74) is 8.83. The van der Waals surface area contributed by atoms with Crippen LogP contribution in [0.1, 0.15) is 0 Å². The van der Waals surface area contributed by atoms with E-state index in [4.69, 9.17) is 10.5 Å². The lowest BCUT2D eigenvalue weighted by molar-refractivity contribution is 0.372. The molecule has 102 valence electrons. The Morgan fingerprint density at radius 1 is 1.30 bits per heavy atom. The van der Waals surface area contributed by atoms with E-state index in [1.807, 2.05) is 18.2 Å². The number of imidazole rings is 1. The number of aromatic amines is 1. The number of rotatable bonds is 2. The standard InChI is InChI=1S/C14H12BrN3O2/c1-20-11-5-3-8(12(15)13(11)19)14-17-9-4-2-7(16)6-10(9)18-14/h2-6,19H,16H2,1H3,(H,17,18). The minimum Gasteiger partial charge on any atom is -0.503 e. The predicted octanol–water partition coefficient (Wildman–Crippen LogP) is 3.29. The number of anilines is 1. The molecular weight excluding hydrogens is 322 g/mol. The maximum atomic E-state index is 10.0. The molecule has 20 heavy (non-hydrogen) atoms. The molecule has 0 aliphatic heterocycles. The lowest BCUT2D eigenvalue weighted by Crippen LogP contribution is -1.88. The first-order valence-corrected chi connectivity index (χ1v) is 6.70. The van der Waals surface area contributed by atoms with Gasteiger partial charge in [0.25, 0.3) is 0 Å². The second kappa shape index (κ2) is 4.72. The van der Waals surface area contributed by atoms with Gasteiger partial charge in [-0.25, -0.2) is 4.98 Å². The van der Waals surface area contributed by atoms with Gasteiger partial charge >= 0.3 is 0 Å². The number of aromatic nitrogens is 2. The summed E-state index contributed by atoms with van der Waals surface area (Å²) in [6, 6.07) is 8.99. The van der Waals surface area contributed by atoms with E-state index < -0.39 is 0 Å². The molecule has 0 radical (unpaired) electrons. The van der Waals surface area contributed by atoms with Crippen molar-refractivity contribution in [1.82, 2.24) is 9.97 Å². The molecule has 0 fully saturated rings. The highest BCUT2D eigenvalue weighted by molar-refractivity contribution is 9.10. The number of benzene rings is 2. The highest BCUT2D eigenvalue weighted by atomic mass is 79.9. The van der Waals surface area contributed by atoms with Crippen molar-refractivity contribution in [2.75, 3.05) is 12.8 Å². The molecule has 0 aliphatic carbocycles. The van der Waals surface area contributed by atoms with E-state index in [1.165, 1.54) is 7.11 Å². The van der Waals surface area contributed by atoms with E-state index in [0.29, 0.717) is 21.7 Å². The third-order valence-corrected chi connectivity index (χ3v) is 3.86. The van der Waals surface area contributed by atoms with Crippen LogP contribution in [-0.4, -0.2) is 22.2 Å². The number of nitrogens with two attached hydrogens (primary N) is 1. The van der Waals surface area contributed by atoms with Gasteiger partial charge in [-0.05, 0) is 46.3 Å². The zero-order valence-electron chi connectivity index (χ0n) is 10.6. The summed E-state index contributed by atoms with van der Waals surface area (Å²) >= 11 is 3.37. The molecule has 0 saturated carbocycles. The second-order valence-corrected chi connectivity index (χ2v) is 5.13. The van der Waals surface area contributed by atoms with Crippen LogP contribution in [0.2, 0.25) is 0 Å². The Bertz CT molecular complexity index is 798. The van der Waals surface area contributed by atoms with Crippen LogP contribution in [0, 0.1) is 0 Å². The molecule has 0 saturated heterocycles. The number of nitrogens with zero attached hydrogens (tertiary/aromatic N) is 1.